The zero-order valence-electron chi connectivity index (χ0n) is 12.5. The van der Waals surface area contributed by atoms with Crippen molar-refractivity contribution >= 4 is 11.3 Å². The van der Waals surface area contributed by atoms with E-state index in [1.165, 1.54) is 5.56 Å². The van der Waals surface area contributed by atoms with Crippen molar-refractivity contribution in [3.8, 4) is 10.6 Å². The largest absolute Gasteiger partial charge is 0.347 e. The molecule has 2 aliphatic heterocycles. The molecule has 4 rings (SSSR count). The minimum absolute atomic E-state index is 0.284. The van der Waals surface area contributed by atoms with Crippen LogP contribution in [0.5, 0.6) is 0 Å². The summed E-state index contributed by atoms with van der Waals surface area (Å²) in [6.07, 6.45) is 1.92. The van der Waals surface area contributed by atoms with Crippen molar-refractivity contribution in [3.05, 3.63) is 41.4 Å². The first-order valence-electron chi connectivity index (χ1n) is 7.83. The second-order valence-electron chi connectivity index (χ2n) is 5.89. The van der Waals surface area contributed by atoms with Crippen LogP contribution in [0.1, 0.15) is 18.5 Å². The van der Waals surface area contributed by atoms with Gasteiger partial charge in [-0.25, -0.2) is 4.98 Å². The van der Waals surface area contributed by atoms with E-state index >= 15 is 0 Å². The highest BCUT2D eigenvalue weighted by atomic mass is 32.1. The monoisotopic (exact) mass is 316 g/mol. The molecule has 1 aromatic carbocycles. The van der Waals surface area contributed by atoms with Crippen LogP contribution in [0.25, 0.3) is 10.6 Å². The number of benzene rings is 1. The number of piperidine rings is 1. The molecule has 0 unspecified atom stereocenters. The second kappa shape index (κ2) is 6.08. The smallest absolute Gasteiger partial charge is 0.170 e. The van der Waals surface area contributed by atoms with Gasteiger partial charge in [0, 0.05) is 43.4 Å². The molecule has 0 saturated carbocycles. The lowest BCUT2D eigenvalue weighted by Gasteiger charge is -2.37. The van der Waals surface area contributed by atoms with Crippen LogP contribution in [-0.2, 0) is 16.0 Å². The quantitative estimate of drug-likeness (QED) is 0.871. The molecule has 2 aromatic rings. The van der Waals surface area contributed by atoms with Crippen molar-refractivity contribution in [3.63, 3.8) is 0 Å². The molecule has 0 amide bonds. The number of hydrogen-bond acceptors (Lipinski definition) is 5. The van der Waals surface area contributed by atoms with Crippen molar-refractivity contribution in [1.82, 2.24) is 9.88 Å². The topological polar surface area (TPSA) is 34.6 Å². The number of aromatic nitrogens is 1. The van der Waals surface area contributed by atoms with Gasteiger partial charge >= 0.3 is 0 Å². The van der Waals surface area contributed by atoms with E-state index in [9.17, 15) is 0 Å². The van der Waals surface area contributed by atoms with Crippen LogP contribution in [0.4, 0.5) is 0 Å². The molecule has 5 heteroatoms. The summed E-state index contributed by atoms with van der Waals surface area (Å²) in [7, 11) is 0. The molecule has 2 fully saturated rings. The Labute approximate surface area is 134 Å². The molecule has 0 radical (unpaired) electrons. The third kappa shape index (κ3) is 2.94. The van der Waals surface area contributed by atoms with Crippen molar-refractivity contribution in [2.24, 2.45) is 0 Å². The molecular formula is C17H20N2O2S. The fourth-order valence-corrected chi connectivity index (χ4v) is 3.98. The minimum atomic E-state index is -0.284. The summed E-state index contributed by atoms with van der Waals surface area (Å²) < 4.78 is 11.6. The van der Waals surface area contributed by atoms with Crippen LogP contribution < -0.4 is 0 Å². The Bertz CT molecular complexity index is 613. The van der Waals surface area contributed by atoms with Crippen LogP contribution in [0.15, 0.2) is 35.7 Å². The first-order chi connectivity index (χ1) is 10.8. The number of hydrogen-bond donors (Lipinski definition) is 0. The summed E-state index contributed by atoms with van der Waals surface area (Å²) >= 11 is 1.72. The van der Waals surface area contributed by atoms with Crippen molar-refractivity contribution in [2.75, 3.05) is 26.3 Å². The SMILES string of the molecule is c1ccc(-c2nc(CN3CCC4(CC3)OCCO4)cs2)cc1. The molecule has 116 valence electrons. The molecule has 1 spiro atoms. The lowest BCUT2D eigenvalue weighted by atomic mass is 10.0. The van der Waals surface area contributed by atoms with Crippen LogP contribution >= 0.6 is 11.3 Å². The Hall–Kier alpha value is -1.27. The molecule has 4 nitrogen and oxygen atoms in total. The van der Waals surface area contributed by atoms with Gasteiger partial charge in [0.25, 0.3) is 0 Å². The van der Waals surface area contributed by atoms with E-state index in [0.29, 0.717) is 0 Å². The number of likely N-dealkylation sites (tertiary alicyclic amines) is 1. The Kier molecular flexibility index (Phi) is 3.96. The Morgan fingerprint density at radius 2 is 1.82 bits per heavy atom. The standard InChI is InChI=1S/C17H20N2O2S/c1-2-4-14(5-3-1)16-18-15(13-22-16)12-19-8-6-17(7-9-19)20-10-11-21-17/h1-5,13H,6-12H2. The van der Waals surface area contributed by atoms with E-state index in [-0.39, 0.29) is 5.79 Å². The van der Waals surface area contributed by atoms with Gasteiger partial charge in [0.15, 0.2) is 5.79 Å². The van der Waals surface area contributed by atoms with E-state index in [1.54, 1.807) is 11.3 Å². The highest BCUT2D eigenvalue weighted by molar-refractivity contribution is 7.13. The summed E-state index contributed by atoms with van der Waals surface area (Å²) in [6.45, 7) is 4.43. The van der Waals surface area contributed by atoms with E-state index in [1.807, 2.05) is 6.07 Å². The van der Waals surface area contributed by atoms with Crippen molar-refractivity contribution in [1.29, 1.82) is 0 Å². The zero-order valence-corrected chi connectivity index (χ0v) is 13.3. The van der Waals surface area contributed by atoms with Crippen LogP contribution in [0.2, 0.25) is 0 Å². The fraction of sp³-hybridized carbons (Fsp3) is 0.471. The lowest BCUT2D eigenvalue weighted by Crippen LogP contribution is -2.44. The van der Waals surface area contributed by atoms with E-state index < -0.39 is 0 Å². The summed E-state index contributed by atoms with van der Waals surface area (Å²) in [6, 6.07) is 10.4. The van der Waals surface area contributed by atoms with E-state index in [0.717, 1.165) is 56.4 Å². The minimum Gasteiger partial charge on any atom is -0.347 e. The van der Waals surface area contributed by atoms with Gasteiger partial charge in [-0.3, -0.25) is 4.90 Å². The lowest BCUT2D eigenvalue weighted by molar-refractivity contribution is -0.185. The molecule has 0 bridgehead atoms. The molecule has 0 N–H and O–H groups in total. The first-order valence-corrected chi connectivity index (χ1v) is 8.71. The van der Waals surface area contributed by atoms with Gasteiger partial charge in [-0.1, -0.05) is 30.3 Å². The molecule has 3 heterocycles. The zero-order chi connectivity index (χ0) is 14.8. The average Bonchev–Trinajstić information content (AvgIpc) is 3.21. The molecule has 2 aliphatic rings. The number of thiazole rings is 1. The summed E-state index contributed by atoms with van der Waals surface area (Å²) in [5, 5.41) is 3.28. The van der Waals surface area contributed by atoms with Gasteiger partial charge in [-0.15, -0.1) is 11.3 Å². The molecule has 0 atom stereocenters. The maximum atomic E-state index is 5.78. The van der Waals surface area contributed by atoms with Gasteiger partial charge in [-0.2, -0.15) is 0 Å². The van der Waals surface area contributed by atoms with Gasteiger partial charge in [0.05, 0.1) is 18.9 Å². The Morgan fingerprint density at radius 1 is 1.09 bits per heavy atom. The predicted octanol–water partition coefficient (Wildman–Crippen LogP) is 3.15. The second-order valence-corrected chi connectivity index (χ2v) is 6.75. The third-order valence-corrected chi connectivity index (χ3v) is 5.33. The Balaban J connectivity index is 1.37. The molecule has 22 heavy (non-hydrogen) atoms. The fourth-order valence-electron chi connectivity index (χ4n) is 3.16. The first kappa shape index (κ1) is 14.3. The number of nitrogens with zero attached hydrogens (tertiary/aromatic N) is 2. The van der Waals surface area contributed by atoms with Crippen LogP contribution in [-0.4, -0.2) is 42.0 Å². The molecular weight excluding hydrogens is 296 g/mol. The van der Waals surface area contributed by atoms with Gasteiger partial charge in [-0.05, 0) is 0 Å². The molecule has 0 aliphatic carbocycles. The van der Waals surface area contributed by atoms with Crippen LogP contribution in [0, 0.1) is 0 Å². The number of rotatable bonds is 3. The van der Waals surface area contributed by atoms with Gasteiger partial charge < -0.3 is 9.47 Å². The average molecular weight is 316 g/mol. The third-order valence-electron chi connectivity index (χ3n) is 4.39. The van der Waals surface area contributed by atoms with E-state index in [4.69, 9.17) is 14.5 Å². The van der Waals surface area contributed by atoms with Gasteiger partial charge in [0.1, 0.15) is 5.01 Å². The maximum absolute atomic E-state index is 5.78. The summed E-state index contributed by atoms with van der Waals surface area (Å²) in [5.74, 6) is -0.284. The molecule has 2 saturated heterocycles. The highest BCUT2D eigenvalue weighted by Gasteiger charge is 2.39. The van der Waals surface area contributed by atoms with Crippen LogP contribution in [0.3, 0.4) is 0 Å². The van der Waals surface area contributed by atoms with E-state index in [2.05, 4.69) is 34.5 Å². The molecule has 1 aromatic heterocycles. The summed E-state index contributed by atoms with van der Waals surface area (Å²) in [4.78, 5) is 7.22. The van der Waals surface area contributed by atoms with Crippen molar-refractivity contribution < 1.29 is 9.47 Å². The number of ether oxygens (including phenoxy) is 2. The van der Waals surface area contributed by atoms with Crippen molar-refractivity contribution in [2.45, 2.75) is 25.2 Å². The normalized spacial score (nSPS) is 21.5. The highest BCUT2D eigenvalue weighted by Crippen LogP contribution is 2.32. The predicted molar refractivity (Wildman–Crippen MR) is 86.7 cm³/mol. The summed E-state index contributed by atoms with van der Waals surface area (Å²) in [5.41, 5.74) is 2.36. The van der Waals surface area contributed by atoms with Gasteiger partial charge in [0.2, 0.25) is 0 Å². The maximum Gasteiger partial charge on any atom is 0.170 e. The Morgan fingerprint density at radius 3 is 2.55 bits per heavy atom.